The number of esters is 2. The lowest BCUT2D eigenvalue weighted by molar-refractivity contribution is 0.0587. The van der Waals surface area contributed by atoms with Crippen LogP contribution in [0.15, 0.2) is 18.2 Å². The molecule has 9 nitrogen and oxygen atoms in total. The van der Waals surface area contributed by atoms with Crippen LogP contribution in [0.5, 0.6) is 0 Å². The summed E-state index contributed by atoms with van der Waals surface area (Å²) in [6, 6.07) is 3.68. The quantitative estimate of drug-likeness (QED) is 0.732. The smallest absolute Gasteiger partial charge is 0.339 e. The Labute approximate surface area is 163 Å². The number of ether oxygens (including phenoxy) is 2. The highest BCUT2D eigenvalue weighted by molar-refractivity contribution is 6.03. The van der Waals surface area contributed by atoms with Gasteiger partial charge in [0.05, 0.1) is 36.7 Å². The zero-order valence-electron chi connectivity index (χ0n) is 16.6. The molecule has 2 rings (SSSR count). The van der Waals surface area contributed by atoms with E-state index in [4.69, 9.17) is 4.74 Å². The molecule has 0 fully saturated rings. The number of nitrogens with zero attached hydrogens (tertiary/aromatic N) is 2. The molecule has 9 heteroatoms. The second-order valence-electron chi connectivity index (χ2n) is 6.15. The van der Waals surface area contributed by atoms with Crippen LogP contribution in [0.3, 0.4) is 0 Å². The highest BCUT2D eigenvalue weighted by Crippen LogP contribution is 2.20. The van der Waals surface area contributed by atoms with E-state index in [-0.39, 0.29) is 16.8 Å². The molecule has 1 aromatic carbocycles. The molecule has 0 atom stereocenters. The van der Waals surface area contributed by atoms with E-state index >= 15 is 0 Å². The molecule has 0 aliphatic carbocycles. The van der Waals surface area contributed by atoms with Crippen LogP contribution >= 0.6 is 0 Å². The van der Waals surface area contributed by atoms with Crippen LogP contribution in [-0.2, 0) is 22.9 Å². The van der Waals surface area contributed by atoms with Gasteiger partial charge in [0.15, 0.2) is 0 Å². The number of anilines is 1. The van der Waals surface area contributed by atoms with E-state index in [9.17, 15) is 14.4 Å². The zero-order chi connectivity index (χ0) is 20.8. The summed E-state index contributed by atoms with van der Waals surface area (Å²) < 4.78 is 11.2. The van der Waals surface area contributed by atoms with Gasteiger partial charge in [-0.05, 0) is 44.0 Å². The topological polar surface area (TPSA) is 112 Å². The van der Waals surface area contributed by atoms with Crippen molar-refractivity contribution in [3.63, 3.8) is 0 Å². The lowest BCUT2D eigenvalue weighted by atomic mass is 10.1. The standard InChI is InChI=1S/C19H24N4O5/c1-11-14(12(2)23(3)22-11)8-9-20-19(26)21-16-10-13(17(24)27-4)6-7-15(16)18(25)28-5/h6-7,10H,8-9H2,1-5H3,(H2,20,21,26). The third-order valence-electron chi connectivity index (χ3n) is 4.41. The average molecular weight is 388 g/mol. The summed E-state index contributed by atoms with van der Waals surface area (Å²) in [5, 5.41) is 9.67. The molecule has 0 unspecified atom stereocenters. The number of carbonyl (C=O) groups excluding carboxylic acids is 3. The molecule has 1 heterocycles. The molecule has 1 aromatic heterocycles. The molecule has 2 N–H and O–H groups in total. The second-order valence-corrected chi connectivity index (χ2v) is 6.15. The first kappa shape index (κ1) is 20.9. The van der Waals surface area contributed by atoms with E-state index < -0.39 is 18.0 Å². The molecule has 0 radical (unpaired) electrons. The Hall–Kier alpha value is -3.36. The van der Waals surface area contributed by atoms with Crippen LogP contribution in [0.2, 0.25) is 0 Å². The molecule has 0 aliphatic rings. The molecular weight excluding hydrogens is 364 g/mol. The number of hydrogen-bond donors (Lipinski definition) is 2. The molecule has 2 amide bonds. The summed E-state index contributed by atoms with van der Waals surface area (Å²) >= 11 is 0. The van der Waals surface area contributed by atoms with Gasteiger partial charge in [-0.2, -0.15) is 5.10 Å². The number of rotatable bonds is 6. The number of aryl methyl sites for hydroxylation is 2. The molecule has 28 heavy (non-hydrogen) atoms. The number of nitrogens with one attached hydrogen (secondary N) is 2. The van der Waals surface area contributed by atoms with E-state index in [1.165, 1.54) is 32.4 Å². The van der Waals surface area contributed by atoms with Gasteiger partial charge in [0.2, 0.25) is 0 Å². The van der Waals surface area contributed by atoms with E-state index in [0.717, 1.165) is 17.0 Å². The molecular formula is C19H24N4O5. The fourth-order valence-corrected chi connectivity index (χ4v) is 2.83. The predicted molar refractivity (Wildman–Crippen MR) is 103 cm³/mol. The van der Waals surface area contributed by atoms with Crippen molar-refractivity contribution < 1.29 is 23.9 Å². The Morgan fingerprint density at radius 3 is 2.36 bits per heavy atom. The minimum atomic E-state index is -0.631. The SMILES string of the molecule is COC(=O)c1ccc(C(=O)OC)c(NC(=O)NCCc2c(C)nn(C)c2C)c1. The van der Waals surface area contributed by atoms with Crippen LogP contribution in [0.25, 0.3) is 0 Å². The van der Waals surface area contributed by atoms with Crippen molar-refractivity contribution in [1.29, 1.82) is 0 Å². The largest absolute Gasteiger partial charge is 0.465 e. The third-order valence-corrected chi connectivity index (χ3v) is 4.41. The number of benzene rings is 1. The summed E-state index contributed by atoms with van der Waals surface area (Å²) in [6.45, 7) is 4.27. The van der Waals surface area contributed by atoms with Gasteiger partial charge in [-0.3, -0.25) is 4.68 Å². The summed E-state index contributed by atoms with van der Waals surface area (Å²) in [6.07, 6.45) is 0.616. The number of methoxy groups -OCH3 is 2. The van der Waals surface area contributed by atoms with Crippen LogP contribution in [0, 0.1) is 13.8 Å². The van der Waals surface area contributed by atoms with Gasteiger partial charge in [-0.25, -0.2) is 14.4 Å². The monoisotopic (exact) mass is 388 g/mol. The molecule has 0 bridgehead atoms. The van der Waals surface area contributed by atoms with Crippen molar-refractivity contribution in [3.8, 4) is 0 Å². The van der Waals surface area contributed by atoms with Crippen molar-refractivity contribution in [1.82, 2.24) is 15.1 Å². The maximum absolute atomic E-state index is 12.3. The van der Waals surface area contributed by atoms with Gasteiger partial charge >= 0.3 is 18.0 Å². The van der Waals surface area contributed by atoms with Gasteiger partial charge in [0.1, 0.15) is 0 Å². The molecule has 0 saturated carbocycles. The predicted octanol–water partition coefficient (Wildman–Crippen LogP) is 1.97. The number of urea groups is 1. The van der Waals surface area contributed by atoms with E-state index in [1.54, 1.807) is 4.68 Å². The highest BCUT2D eigenvalue weighted by Gasteiger charge is 2.17. The van der Waals surface area contributed by atoms with Gasteiger partial charge in [-0.1, -0.05) is 0 Å². The molecule has 0 aliphatic heterocycles. The van der Waals surface area contributed by atoms with Crippen LogP contribution in [0.1, 0.15) is 37.7 Å². The van der Waals surface area contributed by atoms with Crippen molar-refractivity contribution in [2.45, 2.75) is 20.3 Å². The maximum Gasteiger partial charge on any atom is 0.339 e. The van der Waals surface area contributed by atoms with E-state index in [2.05, 4.69) is 20.5 Å². The fourth-order valence-electron chi connectivity index (χ4n) is 2.83. The summed E-state index contributed by atoms with van der Waals surface area (Å²) in [5.74, 6) is -1.21. The lowest BCUT2D eigenvalue weighted by Gasteiger charge is -2.12. The minimum Gasteiger partial charge on any atom is -0.465 e. The Balaban J connectivity index is 2.09. The van der Waals surface area contributed by atoms with Gasteiger partial charge < -0.3 is 20.1 Å². The van der Waals surface area contributed by atoms with Crippen LogP contribution in [0.4, 0.5) is 10.5 Å². The van der Waals surface area contributed by atoms with Gasteiger partial charge in [0.25, 0.3) is 0 Å². The Morgan fingerprint density at radius 2 is 1.79 bits per heavy atom. The second kappa shape index (κ2) is 9.03. The lowest BCUT2D eigenvalue weighted by Crippen LogP contribution is -2.31. The molecule has 0 spiro atoms. The maximum atomic E-state index is 12.3. The molecule has 150 valence electrons. The summed E-state index contributed by atoms with van der Waals surface area (Å²) in [5.41, 5.74) is 3.52. The van der Waals surface area contributed by atoms with Gasteiger partial charge in [0, 0.05) is 19.3 Å². The fraction of sp³-hybridized carbons (Fsp3) is 0.368. The van der Waals surface area contributed by atoms with Crippen molar-refractivity contribution in [3.05, 3.63) is 46.3 Å². The Kier molecular flexibility index (Phi) is 6.75. The first-order valence-electron chi connectivity index (χ1n) is 8.63. The summed E-state index contributed by atoms with van der Waals surface area (Å²) in [7, 11) is 4.35. The Bertz CT molecular complexity index is 904. The first-order chi connectivity index (χ1) is 13.3. The molecule has 2 aromatic rings. The number of carbonyl (C=O) groups is 3. The Morgan fingerprint density at radius 1 is 1.11 bits per heavy atom. The molecule has 0 saturated heterocycles. The minimum absolute atomic E-state index is 0.129. The normalized spacial score (nSPS) is 10.3. The van der Waals surface area contributed by atoms with Crippen molar-refractivity contribution in [2.24, 2.45) is 7.05 Å². The average Bonchev–Trinajstić information content (AvgIpc) is 2.92. The van der Waals surface area contributed by atoms with Crippen molar-refractivity contribution >= 4 is 23.7 Å². The number of amides is 2. The highest BCUT2D eigenvalue weighted by atomic mass is 16.5. The van der Waals surface area contributed by atoms with Crippen molar-refractivity contribution in [2.75, 3.05) is 26.1 Å². The number of hydrogen-bond acceptors (Lipinski definition) is 6. The number of aromatic nitrogens is 2. The van der Waals surface area contributed by atoms with Gasteiger partial charge in [-0.15, -0.1) is 0 Å². The van der Waals surface area contributed by atoms with Crippen LogP contribution in [-0.4, -0.2) is 48.5 Å². The van der Waals surface area contributed by atoms with Crippen LogP contribution < -0.4 is 10.6 Å². The summed E-state index contributed by atoms with van der Waals surface area (Å²) in [4.78, 5) is 35.9. The zero-order valence-corrected chi connectivity index (χ0v) is 16.6. The first-order valence-corrected chi connectivity index (χ1v) is 8.63. The van der Waals surface area contributed by atoms with E-state index in [1.807, 2.05) is 20.9 Å². The van der Waals surface area contributed by atoms with E-state index in [0.29, 0.717) is 13.0 Å². The third kappa shape index (κ3) is 4.67.